The fourth-order valence-corrected chi connectivity index (χ4v) is 0.625. The van der Waals surface area contributed by atoms with E-state index in [-0.39, 0.29) is 69.6 Å². The van der Waals surface area contributed by atoms with Crippen LogP contribution in [-0.4, -0.2) is 32.6 Å². The van der Waals surface area contributed by atoms with Gasteiger partial charge in [0.1, 0.15) is 0 Å². The molecule has 1 heterocycles. The Morgan fingerprint density at radius 2 is 1.54 bits per heavy atom. The van der Waals surface area contributed by atoms with Gasteiger partial charge in [-0.25, -0.2) is 0 Å². The van der Waals surface area contributed by atoms with Gasteiger partial charge in [0.2, 0.25) is 0 Å². The second-order valence-corrected chi connectivity index (χ2v) is 1.85. The third-order valence-corrected chi connectivity index (χ3v) is 0.957. The first-order chi connectivity index (χ1) is 4.23. The predicted molar refractivity (Wildman–Crippen MR) is 47.3 cm³/mol. The van der Waals surface area contributed by atoms with Gasteiger partial charge < -0.3 is 17.8 Å². The number of carboxylic acids is 1. The second-order valence-electron chi connectivity index (χ2n) is 1.85. The minimum atomic E-state index is -1.08. The molecule has 0 aromatic rings. The Bertz CT molecular complexity index is 83.0. The van der Waals surface area contributed by atoms with Crippen molar-refractivity contribution in [2.75, 3.05) is 13.1 Å². The zero-order valence-electron chi connectivity index (χ0n) is 7.95. The van der Waals surface area contributed by atoms with Crippen molar-refractivity contribution in [1.29, 1.82) is 0 Å². The molecule has 1 fully saturated rings. The van der Waals surface area contributed by atoms with Gasteiger partial charge in [-0.3, -0.25) is 11.7 Å². The molecule has 0 unspecified atom stereocenters. The second kappa shape index (κ2) is 23.2. The quantitative estimate of drug-likeness (QED) is 0.432. The number of hydrogen-bond acceptors (Lipinski definition) is 2. The minimum Gasteiger partial charge on any atom is -0.503 e. The maximum atomic E-state index is 8.89. The summed E-state index contributed by atoms with van der Waals surface area (Å²) in [7, 11) is 0. The molecule has 0 amide bonds. The van der Waals surface area contributed by atoms with Gasteiger partial charge in [0.25, 0.3) is 0 Å². The molecule has 0 aromatic carbocycles. The summed E-state index contributed by atoms with van der Waals surface area (Å²) in [6, 6.07) is 0. The van der Waals surface area contributed by atoms with Crippen molar-refractivity contribution in [3.8, 4) is 0 Å². The Labute approximate surface area is 123 Å². The Hall–Kier alpha value is 1.16. The molecule has 1 aliphatic heterocycles. The first kappa shape index (κ1) is 29.2. The van der Waals surface area contributed by atoms with Crippen LogP contribution in [0.1, 0.15) is 12.8 Å². The van der Waals surface area contributed by atoms with Crippen LogP contribution >= 0.6 is 0 Å². The Kier molecular flexibility index (Phi) is 52.1. The molecular weight excluding hydrogens is 414 g/mol. The normalized spacial score (nSPS) is 11.1. The van der Waals surface area contributed by atoms with E-state index in [4.69, 9.17) is 9.90 Å². The summed E-state index contributed by atoms with van der Waals surface area (Å²) in [5, 5.41) is 10.5. The molecule has 0 spiro atoms. The molecule has 0 bridgehead atoms. The van der Waals surface area contributed by atoms with Crippen molar-refractivity contribution in [2.45, 2.75) is 12.8 Å². The number of carbonyl (C=O) groups is 1. The number of nitrogens with one attached hydrogen (secondary N) is 1. The van der Waals surface area contributed by atoms with Crippen molar-refractivity contribution >= 4 is 14.4 Å². The van der Waals surface area contributed by atoms with Crippen LogP contribution in [-0.2, 0) is 58.6 Å². The summed E-state index contributed by atoms with van der Waals surface area (Å²) >= 11 is 0. The standard InChI is InChI=1S/C4H9N.C2H3O2.CH3.B.W.Y/c1-2-4-5-3-1;1-2(3)4;;;;/h5H,1-4H2;1H2,(H,3,4);1H3;;;/q;2*-1;;;. The van der Waals surface area contributed by atoms with E-state index in [1.807, 2.05) is 0 Å². The summed E-state index contributed by atoms with van der Waals surface area (Å²) in [6.07, 6.45) is 2.78. The van der Waals surface area contributed by atoms with Gasteiger partial charge in [-0.15, -0.1) is 0 Å². The third-order valence-electron chi connectivity index (χ3n) is 0.957. The molecule has 3 nitrogen and oxygen atoms in total. The maximum absolute atomic E-state index is 8.89. The van der Waals surface area contributed by atoms with Crippen LogP contribution in [0.15, 0.2) is 0 Å². The first-order valence-electron chi connectivity index (χ1n) is 2.99. The molecule has 0 atom stereocenters. The number of rotatable bonds is 0. The Morgan fingerprint density at radius 3 is 1.62 bits per heavy atom. The maximum Gasteiger partial charge on any atom is 0.161 e. The van der Waals surface area contributed by atoms with Gasteiger partial charge in [0, 0.05) is 62.2 Å². The van der Waals surface area contributed by atoms with E-state index >= 15 is 0 Å². The molecular formula is C7H15BNO2WY-2. The summed E-state index contributed by atoms with van der Waals surface area (Å²) < 4.78 is 0. The first-order valence-corrected chi connectivity index (χ1v) is 2.99. The molecule has 74 valence electrons. The topological polar surface area (TPSA) is 49.3 Å². The molecule has 0 saturated carbocycles. The van der Waals surface area contributed by atoms with E-state index in [1.165, 1.54) is 25.9 Å². The van der Waals surface area contributed by atoms with Crippen LogP contribution in [0.5, 0.6) is 0 Å². The van der Waals surface area contributed by atoms with E-state index in [0.717, 1.165) is 0 Å². The Balaban J connectivity index is -0.0000000256. The number of carboxylic acid groups (broad SMARTS) is 1. The van der Waals surface area contributed by atoms with Crippen molar-refractivity contribution < 1.29 is 63.7 Å². The fraction of sp³-hybridized carbons (Fsp3) is 0.571. The largest absolute Gasteiger partial charge is 0.503 e. The molecule has 2 N–H and O–H groups in total. The van der Waals surface area contributed by atoms with Crippen LogP contribution in [0.3, 0.4) is 0 Å². The fourth-order valence-electron chi connectivity index (χ4n) is 0.625. The van der Waals surface area contributed by atoms with E-state index in [0.29, 0.717) is 0 Å². The molecule has 1 rings (SSSR count). The van der Waals surface area contributed by atoms with Gasteiger partial charge in [-0.2, -0.15) is 0 Å². The molecule has 1 aliphatic rings. The molecule has 4 radical (unpaired) electrons. The smallest absolute Gasteiger partial charge is 0.161 e. The zero-order chi connectivity index (χ0) is 7.11. The van der Waals surface area contributed by atoms with Crippen molar-refractivity contribution in [1.82, 2.24) is 5.32 Å². The monoisotopic (exact) mass is 429 g/mol. The van der Waals surface area contributed by atoms with Crippen molar-refractivity contribution in [3.05, 3.63) is 14.4 Å². The zero-order valence-corrected chi connectivity index (χ0v) is 13.7. The summed E-state index contributed by atoms with van der Waals surface area (Å²) in [5.74, 6) is -1.08. The molecule has 0 aliphatic carbocycles. The van der Waals surface area contributed by atoms with E-state index in [2.05, 4.69) is 12.2 Å². The number of hydrogen-bond donors (Lipinski definition) is 2. The van der Waals surface area contributed by atoms with Crippen LogP contribution in [0, 0.1) is 14.4 Å². The SMILES string of the molecule is C1CCNC1.[B].[CH2-]C(=O)O.[CH3-].[W].[Y]. The summed E-state index contributed by atoms with van der Waals surface area (Å²) in [5.41, 5.74) is 0. The molecule has 1 saturated heterocycles. The van der Waals surface area contributed by atoms with Gasteiger partial charge in [-0.1, -0.05) is 0 Å². The van der Waals surface area contributed by atoms with E-state index < -0.39 is 5.97 Å². The summed E-state index contributed by atoms with van der Waals surface area (Å²) in [6.45, 7) is 5.06. The van der Waals surface area contributed by atoms with Crippen LogP contribution < -0.4 is 5.32 Å². The average Bonchev–Trinajstić information content (AvgIpc) is 2.11. The van der Waals surface area contributed by atoms with E-state index in [9.17, 15) is 0 Å². The minimum absolute atomic E-state index is 0. The molecule has 13 heavy (non-hydrogen) atoms. The van der Waals surface area contributed by atoms with E-state index in [1.54, 1.807) is 0 Å². The molecule has 0 aromatic heterocycles. The van der Waals surface area contributed by atoms with Gasteiger partial charge in [-0.05, 0) is 25.9 Å². The van der Waals surface area contributed by atoms with Gasteiger partial charge >= 0.3 is 0 Å². The van der Waals surface area contributed by atoms with Crippen LogP contribution in [0.2, 0.25) is 0 Å². The van der Waals surface area contributed by atoms with Crippen molar-refractivity contribution in [3.63, 3.8) is 0 Å². The van der Waals surface area contributed by atoms with Gasteiger partial charge in [0.05, 0.1) is 0 Å². The number of aliphatic carboxylic acids is 1. The Morgan fingerprint density at radius 1 is 1.31 bits per heavy atom. The third kappa shape index (κ3) is 43.2. The van der Waals surface area contributed by atoms with Crippen LogP contribution in [0.25, 0.3) is 0 Å². The van der Waals surface area contributed by atoms with Crippen molar-refractivity contribution in [2.24, 2.45) is 0 Å². The average molecular weight is 429 g/mol. The van der Waals surface area contributed by atoms with Gasteiger partial charge in [0.15, 0.2) is 5.97 Å². The summed E-state index contributed by atoms with van der Waals surface area (Å²) in [4.78, 5) is 8.89. The van der Waals surface area contributed by atoms with Crippen LogP contribution in [0.4, 0.5) is 0 Å². The predicted octanol–water partition coefficient (Wildman–Crippen LogP) is 0.339. The molecule has 6 heteroatoms.